The Hall–Kier alpha value is -1.15. The minimum Gasteiger partial charge on any atom is -0.643 e. The number of carbonyl (C=O) groups excluding carboxylic acids is 1. The molecule has 2 aliphatic rings. The molecule has 0 fully saturated rings. The summed E-state index contributed by atoms with van der Waals surface area (Å²) < 4.78 is 0. The van der Waals surface area contributed by atoms with Crippen LogP contribution in [0.1, 0.15) is 10.4 Å². The summed E-state index contributed by atoms with van der Waals surface area (Å²) in [5.41, 5.74) is 1.53. The number of rotatable bonds is 0. The third-order valence-corrected chi connectivity index (χ3v) is 2.36. The van der Waals surface area contributed by atoms with Crippen LogP contribution in [0.3, 0.4) is 0 Å². The van der Waals surface area contributed by atoms with Gasteiger partial charge < -0.3 is 19.8 Å². The zero-order valence-electron chi connectivity index (χ0n) is 7.68. The van der Waals surface area contributed by atoms with E-state index in [9.17, 15) is 4.79 Å². The fraction of sp³-hybridized carbons (Fsp3) is 0.111. The number of benzene rings is 1. The number of anilines is 1. The molecule has 1 aromatic carbocycles. The largest absolute Gasteiger partial charge is 0.643 e. The molecule has 0 spiro atoms. The van der Waals surface area contributed by atoms with Crippen LogP contribution in [0.4, 0.5) is 5.69 Å². The Morgan fingerprint density at radius 2 is 2.20 bits per heavy atom. The van der Waals surface area contributed by atoms with Crippen molar-refractivity contribution in [1.82, 2.24) is 0 Å². The van der Waals surface area contributed by atoms with Crippen LogP contribution in [0, 0.1) is 0 Å². The first-order chi connectivity index (χ1) is 6.86. The van der Waals surface area contributed by atoms with Crippen molar-refractivity contribution >= 4 is 25.0 Å². The molecule has 0 saturated heterocycles. The SMILES string of the molecule is O=C1[N-]CC2=N[B]N2c2ccccc21.[Rh]. The van der Waals surface area contributed by atoms with Crippen molar-refractivity contribution in [3.05, 3.63) is 35.1 Å². The minimum absolute atomic E-state index is 0. The molecular weight excluding hydrogens is 280 g/mol. The zero-order valence-corrected chi connectivity index (χ0v) is 9.32. The van der Waals surface area contributed by atoms with Gasteiger partial charge in [-0.1, -0.05) is 24.7 Å². The molecule has 6 heteroatoms. The van der Waals surface area contributed by atoms with Gasteiger partial charge in [-0.3, -0.25) is 0 Å². The predicted molar refractivity (Wildman–Crippen MR) is 54.7 cm³/mol. The number of hydrogen-bond acceptors (Lipinski definition) is 3. The second-order valence-corrected chi connectivity index (χ2v) is 3.17. The van der Waals surface area contributed by atoms with Gasteiger partial charge in [-0.15, -0.1) is 0 Å². The average Bonchev–Trinajstić information content (AvgIpc) is 2.24. The van der Waals surface area contributed by atoms with E-state index in [0.29, 0.717) is 12.1 Å². The van der Waals surface area contributed by atoms with Gasteiger partial charge in [0.1, 0.15) is 0 Å². The van der Waals surface area contributed by atoms with Crippen molar-refractivity contribution in [3.63, 3.8) is 0 Å². The molecule has 0 unspecified atom stereocenters. The number of para-hydroxylation sites is 1. The Morgan fingerprint density at radius 1 is 1.40 bits per heavy atom. The van der Waals surface area contributed by atoms with E-state index < -0.39 is 0 Å². The molecule has 76 valence electrons. The molecule has 0 aliphatic carbocycles. The third kappa shape index (κ3) is 1.49. The van der Waals surface area contributed by atoms with Crippen LogP contribution in [-0.2, 0) is 19.5 Å². The van der Waals surface area contributed by atoms with E-state index in [2.05, 4.69) is 10.2 Å². The van der Waals surface area contributed by atoms with Gasteiger partial charge in [0.2, 0.25) is 0 Å². The summed E-state index contributed by atoms with van der Waals surface area (Å²) in [6.45, 7) is 0.379. The van der Waals surface area contributed by atoms with Crippen LogP contribution in [0.25, 0.3) is 5.32 Å². The molecule has 4 nitrogen and oxygen atoms in total. The quantitative estimate of drug-likeness (QED) is 0.667. The smallest absolute Gasteiger partial charge is 0.418 e. The van der Waals surface area contributed by atoms with E-state index in [1.165, 1.54) is 0 Å². The maximum absolute atomic E-state index is 11.6. The fourth-order valence-electron chi connectivity index (χ4n) is 1.61. The number of hydrogen-bond donors (Lipinski definition) is 0. The van der Waals surface area contributed by atoms with Crippen molar-refractivity contribution in [2.24, 2.45) is 4.90 Å². The van der Waals surface area contributed by atoms with Gasteiger partial charge in [-0.05, 0) is 6.07 Å². The summed E-state index contributed by atoms with van der Waals surface area (Å²) in [6, 6.07) is 7.44. The Bertz CT molecular complexity index is 449. The standard InChI is InChI=1S/C9H7BN3O.Rh/c14-9-6-3-1-2-4-7(6)13-8(5-11-9)12-10-13;/h1-4H,5H2,(H,11,14);/p-1. The van der Waals surface area contributed by atoms with E-state index in [1.54, 1.807) is 13.6 Å². The van der Waals surface area contributed by atoms with Crippen molar-refractivity contribution in [1.29, 1.82) is 0 Å². The van der Waals surface area contributed by atoms with Gasteiger partial charge in [0.25, 0.3) is 0 Å². The summed E-state index contributed by atoms with van der Waals surface area (Å²) in [4.78, 5) is 17.5. The Balaban J connectivity index is 0.000000853. The summed E-state index contributed by atoms with van der Waals surface area (Å²) in [7, 11) is 1.71. The van der Waals surface area contributed by atoms with Crippen LogP contribution in [0.2, 0.25) is 0 Å². The van der Waals surface area contributed by atoms with E-state index in [0.717, 1.165) is 11.5 Å². The molecule has 1 aromatic rings. The monoisotopic (exact) mass is 286 g/mol. The molecule has 0 N–H and O–H groups in total. The van der Waals surface area contributed by atoms with Gasteiger partial charge >= 0.3 is 7.55 Å². The van der Waals surface area contributed by atoms with Crippen LogP contribution < -0.4 is 4.81 Å². The van der Waals surface area contributed by atoms with Gasteiger partial charge in [0.15, 0.2) is 0 Å². The number of amidine groups is 1. The second-order valence-electron chi connectivity index (χ2n) is 3.17. The summed E-state index contributed by atoms with van der Waals surface area (Å²) in [5, 5.41) is 3.92. The molecule has 1 amide bonds. The van der Waals surface area contributed by atoms with Gasteiger partial charge in [-0.25, -0.2) is 0 Å². The number of nitrogens with zero attached hydrogens (tertiary/aromatic N) is 3. The Labute approximate surface area is 101 Å². The molecule has 0 bridgehead atoms. The van der Waals surface area contributed by atoms with Crippen LogP contribution in [0.15, 0.2) is 29.2 Å². The van der Waals surface area contributed by atoms with Crippen LogP contribution >= 0.6 is 0 Å². The Morgan fingerprint density at radius 3 is 2.93 bits per heavy atom. The van der Waals surface area contributed by atoms with Crippen LogP contribution in [0.5, 0.6) is 0 Å². The number of amides is 1. The molecule has 2 aliphatic heterocycles. The molecule has 15 heavy (non-hydrogen) atoms. The van der Waals surface area contributed by atoms with Crippen molar-refractivity contribution < 1.29 is 24.3 Å². The molecule has 3 rings (SSSR count). The summed E-state index contributed by atoms with van der Waals surface area (Å²) >= 11 is 0. The first kappa shape index (κ1) is 10.4. The van der Waals surface area contributed by atoms with Gasteiger partial charge in [-0.2, -0.15) is 0 Å². The minimum atomic E-state index is -0.161. The molecule has 0 aromatic heterocycles. The Kier molecular flexibility index (Phi) is 2.61. The number of carbonyl (C=O) groups is 1. The van der Waals surface area contributed by atoms with Crippen LogP contribution in [-0.4, -0.2) is 25.8 Å². The topological polar surface area (TPSA) is 46.8 Å². The second kappa shape index (κ2) is 3.78. The predicted octanol–water partition coefficient (Wildman–Crippen LogP) is 0.964. The average molecular weight is 286 g/mol. The van der Waals surface area contributed by atoms with Crippen molar-refractivity contribution in [2.75, 3.05) is 11.4 Å². The molecular formula is C9H6BN3ORh-. The van der Waals surface area contributed by atoms with Crippen molar-refractivity contribution in [2.45, 2.75) is 0 Å². The van der Waals surface area contributed by atoms with E-state index in [-0.39, 0.29) is 25.4 Å². The molecule has 0 saturated carbocycles. The molecule has 0 atom stereocenters. The fourth-order valence-corrected chi connectivity index (χ4v) is 1.61. The summed E-state index contributed by atoms with van der Waals surface area (Å²) in [5.74, 6) is 0.675. The van der Waals surface area contributed by atoms with E-state index in [4.69, 9.17) is 0 Å². The third-order valence-electron chi connectivity index (χ3n) is 2.36. The maximum atomic E-state index is 11.6. The number of fused-ring (bicyclic) bond motifs is 3. The normalized spacial score (nSPS) is 16.7. The maximum Gasteiger partial charge on any atom is 0.418 e. The molecule has 2 heterocycles. The summed E-state index contributed by atoms with van der Waals surface area (Å²) in [6.07, 6.45) is 0. The first-order valence-corrected chi connectivity index (χ1v) is 4.36. The van der Waals surface area contributed by atoms with Crippen molar-refractivity contribution in [3.8, 4) is 0 Å². The van der Waals surface area contributed by atoms with E-state index in [1.807, 2.05) is 23.0 Å². The van der Waals surface area contributed by atoms with Gasteiger partial charge in [0.05, 0.1) is 11.7 Å². The van der Waals surface area contributed by atoms with Gasteiger partial charge in [0, 0.05) is 30.7 Å². The first-order valence-electron chi connectivity index (χ1n) is 4.36. The molecule has 2 radical (unpaired) electrons. The van der Waals surface area contributed by atoms with E-state index >= 15 is 0 Å². The zero-order chi connectivity index (χ0) is 9.54.